The molecule has 0 radical (unpaired) electrons. The van der Waals surface area contributed by atoms with Crippen molar-refractivity contribution in [1.82, 2.24) is 24.9 Å². The van der Waals surface area contributed by atoms with Crippen molar-refractivity contribution >= 4 is 33.8 Å². The van der Waals surface area contributed by atoms with E-state index in [4.69, 9.17) is 5.26 Å². The summed E-state index contributed by atoms with van der Waals surface area (Å²) in [7, 11) is 0. The standard InChI is InChI=1S/C17H11N7O/c18-8-10-2-3-12-11(6-10)16-13(9-21-12)22-14(23-16)7-15(25)24-17-19-4-1-5-20-17/h1-6,9H,7H2,(H,22,23)(H,19,20,24,25). The Morgan fingerprint density at radius 2 is 2.08 bits per heavy atom. The predicted molar refractivity (Wildman–Crippen MR) is 90.5 cm³/mol. The van der Waals surface area contributed by atoms with Gasteiger partial charge in [0.2, 0.25) is 11.9 Å². The van der Waals surface area contributed by atoms with Gasteiger partial charge in [0.15, 0.2) is 0 Å². The van der Waals surface area contributed by atoms with E-state index in [1.165, 1.54) is 0 Å². The van der Waals surface area contributed by atoms with Crippen LogP contribution in [-0.2, 0) is 11.2 Å². The summed E-state index contributed by atoms with van der Waals surface area (Å²) in [5, 5.41) is 12.4. The zero-order valence-corrected chi connectivity index (χ0v) is 12.9. The first-order valence-corrected chi connectivity index (χ1v) is 7.47. The van der Waals surface area contributed by atoms with Gasteiger partial charge in [-0.25, -0.2) is 15.0 Å². The van der Waals surface area contributed by atoms with E-state index in [-0.39, 0.29) is 18.3 Å². The molecule has 120 valence electrons. The number of benzene rings is 1. The molecule has 2 N–H and O–H groups in total. The van der Waals surface area contributed by atoms with Gasteiger partial charge in [-0.2, -0.15) is 5.26 Å². The number of rotatable bonds is 3. The molecule has 1 aromatic carbocycles. The summed E-state index contributed by atoms with van der Waals surface area (Å²) in [5.74, 6) is 0.467. The minimum atomic E-state index is -0.278. The van der Waals surface area contributed by atoms with Gasteiger partial charge in [-0.05, 0) is 24.3 Å². The third-order valence-corrected chi connectivity index (χ3v) is 3.64. The lowest BCUT2D eigenvalue weighted by molar-refractivity contribution is -0.115. The molecule has 0 unspecified atom stereocenters. The molecule has 0 saturated carbocycles. The van der Waals surface area contributed by atoms with Crippen molar-refractivity contribution in [2.45, 2.75) is 6.42 Å². The Morgan fingerprint density at radius 3 is 2.88 bits per heavy atom. The number of imidazole rings is 1. The van der Waals surface area contributed by atoms with E-state index in [2.05, 4.69) is 36.3 Å². The van der Waals surface area contributed by atoms with Crippen LogP contribution in [0.2, 0.25) is 0 Å². The molecule has 8 heteroatoms. The molecule has 3 aromatic heterocycles. The first-order valence-electron chi connectivity index (χ1n) is 7.47. The highest BCUT2D eigenvalue weighted by Gasteiger charge is 2.12. The fourth-order valence-electron chi connectivity index (χ4n) is 2.55. The second-order valence-corrected chi connectivity index (χ2v) is 5.35. The first kappa shape index (κ1) is 14.7. The zero-order chi connectivity index (χ0) is 17.2. The van der Waals surface area contributed by atoms with Gasteiger partial charge in [0.1, 0.15) is 5.82 Å². The van der Waals surface area contributed by atoms with Crippen molar-refractivity contribution in [2.75, 3.05) is 5.32 Å². The largest absolute Gasteiger partial charge is 0.340 e. The first-order chi connectivity index (χ1) is 12.2. The van der Waals surface area contributed by atoms with Crippen LogP contribution >= 0.6 is 0 Å². The zero-order valence-electron chi connectivity index (χ0n) is 12.9. The van der Waals surface area contributed by atoms with Gasteiger partial charge in [0.25, 0.3) is 0 Å². The number of fused-ring (bicyclic) bond motifs is 3. The van der Waals surface area contributed by atoms with Crippen LogP contribution in [0.3, 0.4) is 0 Å². The maximum atomic E-state index is 12.1. The van der Waals surface area contributed by atoms with Gasteiger partial charge in [-0.3, -0.25) is 15.1 Å². The molecule has 0 spiro atoms. The molecule has 4 aromatic rings. The molecule has 25 heavy (non-hydrogen) atoms. The Labute approximate surface area is 141 Å². The number of hydrogen-bond acceptors (Lipinski definition) is 6. The summed E-state index contributed by atoms with van der Waals surface area (Å²) >= 11 is 0. The number of nitriles is 1. The lowest BCUT2D eigenvalue weighted by Crippen LogP contribution is -2.16. The molecular weight excluding hydrogens is 318 g/mol. The lowest BCUT2D eigenvalue weighted by Gasteiger charge is -2.00. The van der Waals surface area contributed by atoms with Gasteiger partial charge < -0.3 is 4.98 Å². The average molecular weight is 329 g/mol. The molecular formula is C17H11N7O. The summed E-state index contributed by atoms with van der Waals surface area (Å²) in [6.45, 7) is 0. The Kier molecular flexibility index (Phi) is 3.52. The van der Waals surface area contributed by atoms with Gasteiger partial charge in [0, 0.05) is 17.8 Å². The normalized spacial score (nSPS) is 10.7. The van der Waals surface area contributed by atoms with E-state index in [1.54, 1.807) is 42.9 Å². The third-order valence-electron chi connectivity index (χ3n) is 3.64. The molecule has 3 heterocycles. The number of carbonyl (C=O) groups is 1. The summed E-state index contributed by atoms with van der Waals surface area (Å²) in [6, 6.07) is 9.01. The van der Waals surface area contributed by atoms with E-state index in [0.29, 0.717) is 22.4 Å². The van der Waals surface area contributed by atoms with Crippen molar-refractivity contribution in [3.05, 3.63) is 54.2 Å². The van der Waals surface area contributed by atoms with Crippen molar-refractivity contribution in [3.63, 3.8) is 0 Å². The molecule has 8 nitrogen and oxygen atoms in total. The maximum Gasteiger partial charge on any atom is 0.234 e. The van der Waals surface area contributed by atoms with Crippen LogP contribution in [0.5, 0.6) is 0 Å². The van der Waals surface area contributed by atoms with Gasteiger partial charge in [-0.15, -0.1) is 0 Å². The van der Waals surface area contributed by atoms with Crippen molar-refractivity contribution in [1.29, 1.82) is 5.26 Å². The van der Waals surface area contributed by atoms with Gasteiger partial charge >= 0.3 is 0 Å². The van der Waals surface area contributed by atoms with Crippen molar-refractivity contribution < 1.29 is 4.79 Å². The van der Waals surface area contributed by atoms with Crippen LogP contribution in [0.1, 0.15) is 11.4 Å². The molecule has 0 aliphatic rings. The molecule has 0 saturated heterocycles. The minimum absolute atomic E-state index is 0.0480. The van der Waals surface area contributed by atoms with Gasteiger partial charge in [0.05, 0.1) is 40.8 Å². The third kappa shape index (κ3) is 2.86. The van der Waals surface area contributed by atoms with Crippen molar-refractivity contribution in [3.8, 4) is 6.07 Å². The average Bonchev–Trinajstić information content (AvgIpc) is 3.04. The SMILES string of the molecule is N#Cc1ccc2ncc3[nH]c(CC(=O)Nc4ncccn4)nc3c2c1. The number of aromatic amines is 1. The van der Waals surface area contributed by atoms with E-state index in [9.17, 15) is 4.79 Å². The number of amides is 1. The molecule has 4 rings (SSSR count). The van der Waals surface area contributed by atoms with E-state index in [1.807, 2.05) is 0 Å². The summed E-state index contributed by atoms with van der Waals surface area (Å²) < 4.78 is 0. The van der Waals surface area contributed by atoms with Crippen molar-refractivity contribution in [2.24, 2.45) is 0 Å². The second-order valence-electron chi connectivity index (χ2n) is 5.35. The topological polar surface area (TPSA) is 120 Å². The summed E-state index contributed by atoms with van der Waals surface area (Å²) in [4.78, 5) is 31.9. The number of anilines is 1. The number of pyridine rings is 1. The Balaban J connectivity index is 1.66. The van der Waals surface area contributed by atoms with E-state index < -0.39 is 0 Å². The summed E-state index contributed by atoms with van der Waals surface area (Å²) in [6.07, 6.45) is 4.81. The number of nitrogens with zero attached hydrogens (tertiary/aromatic N) is 5. The molecule has 0 aliphatic heterocycles. The summed E-state index contributed by atoms with van der Waals surface area (Å²) in [5.41, 5.74) is 2.67. The van der Waals surface area contributed by atoms with Gasteiger partial charge in [-0.1, -0.05) is 0 Å². The quantitative estimate of drug-likeness (QED) is 0.592. The second kappa shape index (κ2) is 5.98. The number of nitrogens with one attached hydrogen (secondary N) is 2. The number of hydrogen-bond donors (Lipinski definition) is 2. The smallest absolute Gasteiger partial charge is 0.234 e. The maximum absolute atomic E-state index is 12.1. The highest BCUT2D eigenvalue weighted by atomic mass is 16.1. The fraction of sp³-hybridized carbons (Fsp3) is 0.0588. The number of H-pyrrole nitrogens is 1. The van der Waals surface area contributed by atoms with Crippen LogP contribution in [-0.4, -0.2) is 30.8 Å². The van der Waals surface area contributed by atoms with Crippen LogP contribution < -0.4 is 5.32 Å². The van der Waals surface area contributed by atoms with Crippen LogP contribution in [0.15, 0.2) is 42.9 Å². The number of aromatic nitrogens is 5. The molecule has 1 amide bonds. The van der Waals surface area contributed by atoms with Crippen LogP contribution in [0.4, 0.5) is 5.95 Å². The Hall–Kier alpha value is -3.86. The molecule has 0 atom stereocenters. The van der Waals surface area contributed by atoms with E-state index in [0.717, 1.165) is 10.9 Å². The minimum Gasteiger partial charge on any atom is -0.340 e. The molecule has 0 bridgehead atoms. The highest BCUT2D eigenvalue weighted by Crippen LogP contribution is 2.23. The molecule has 0 fully saturated rings. The predicted octanol–water partition coefficient (Wildman–Crippen LogP) is 1.95. The highest BCUT2D eigenvalue weighted by molar-refractivity contribution is 6.02. The lowest BCUT2D eigenvalue weighted by atomic mass is 10.1. The number of carbonyl (C=O) groups excluding carboxylic acids is 1. The van der Waals surface area contributed by atoms with E-state index >= 15 is 0 Å². The Bertz CT molecular complexity index is 1130. The molecule has 0 aliphatic carbocycles. The monoisotopic (exact) mass is 329 g/mol. The fourth-order valence-corrected chi connectivity index (χ4v) is 2.55. The van der Waals surface area contributed by atoms with Crippen LogP contribution in [0, 0.1) is 11.3 Å². The Morgan fingerprint density at radius 1 is 1.24 bits per heavy atom. The van der Waals surface area contributed by atoms with Crippen LogP contribution in [0.25, 0.3) is 21.9 Å².